The van der Waals surface area contributed by atoms with Crippen LogP contribution in [0.5, 0.6) is 0 Å². The molecule has 3 N–H and O–H groups in total. The van der Waals surface area contributed by atoms with Gasteiger partial charge in [0.1, 0.15) is 0 Å². The molecule has 0 saturated heterocycles. The number of amides is 1. The Morgan fingerprint density at radius 2 is 1.85 bits per heavy atom. The number of hydrogen-bond donors (Lipinski definition) is 2. The summed E-state index contributed by atoms with van der Waals surface area (Å²) in [5.41, 5.74) is 9.34. The van der Waals surface area contributed by atoms with E-state index in [-0.39, 0.29) is 23.2 Å². The second-order valence-electron chi connectivity index (χ2n) is 6.60. The predicted octanol–water partition coefficient (Wildman–Crippen LogP) is 3.07. The van der Waals surface area contributed by atoms with E-state index in [1.165, 1.54) is 6.26 Å². The van der Waals surface area contributed by atoms with Crippen molar-refractivity contribution in [2.24, 2.45) is 5.73 Å². The Labute approximate surface area is 167 Å². The van der Waals surface area contributed by atoms with Crippen LogP contribution in [-0.2, 0) is 14.6 Å². The SMILES string of the molecule is Cc1ccc(C(NC(=O)CCCN)c2cccc(S(C)(=O)=O)c2)c(C)c1.Cl. The minimum Gasteiger partial charge on any atom is -0.345 e. The first kappa shape index (κ1) is 23.1. The number of nitrogens with two attached hydrogens (primary N) is 1. The smallest absolute Gasteiger partial charge is 0.220 e. The minimum absolute atomic E-state index is 0. The Bertz CT molecular complexity index is 898. The standard InChI is InChI=1S/C20H26N2O3S.ClH/c1-14-9-10-18(15(2)12-14)20(22-19(23)8-5-11-21)16-6-4-7-17(13-16)26(3,24)25;/h4,6-7,9-10,12-13,20H,5,8,11,21H2,1-3H3,(H,22,23);1H. The van der Waals surface area contributed by atoms with Crippen LogP contribution in [0.4, 0.5) is 0 Å². The molecule has 0 heterocycles. The summed E-state index contributed by atoms with van der Waals surface area (Å²) in [4.78, 5) is 12.6. The van der Waals surface area contributed by atoms with E-state index in [1.807, 2.05) is 32.0 Å². The summed E-state index contributed by atoms with van der Waals surface area (Å²) in [5.74, 6) is -0.106. The molecular formula is C20H27ClN2O3S. The number of nitrogens with one attached hydrogen (secondary N) is 1. The van der Waals surface area contributed by atoms with E-state index in [0.717, 1.165) is 22.3 Å². The fraction of sp³-hybridized carbons (Fsp3) is 0.350. The van der Waals surface area contributed by atoms with Gasteiger partial charge in [-0.05, 0) is 55.6 Å². The average Bonchev–Trinajstić information content (AvgIpc) is 2.58. The first-order valence-electron chi connectivity index (χ1n) is 8.59. The number of hydrogen-bond acceptors (Lipinski definition) is 4. The van der Waals surface area contributed by atoms with Crippen molar-refractivity contribution in [1.29, 1.82) is 0 Å². The predicted molar refractivity (Wildman–Crippen MR) is 111 cm³/mol. The van der Waals surface area contributed by atoms with Crippen LogP contribution in [0.2, 0.25) is 0 Å². The molecule has 0 fully saturated rings. The molecule has 0 aliphatic rings. The summed E-state index contributed by atoms with van der Waals surface area (Å²) in [6, 6.07) is 12.3. The second-order valence-corrected chi connectivity index (χ2v) is 8.61. The van der Waals surface area contributed by atoms with Gasteiger partial charge in [-0.15, -0.1) is 12.4 Å². The van der Waals surface area contributed by atoms with Crippen molar-refractivity contribution in [1.82, 2.24) is 5.32 Å². The Kier molecular flexibility index (Phi) is 8.47. The van der Waals surface area contributed by atoms with E-state index in [1.54, 1.807) is 18.2 Å². The molecule has 27 heavy (non-hydrogen) atoms. The van der Waals surface area contributed by atoms with Gasteiger partial charge in [-0.3, -0.25) is 4.79 Å². The highest BCUT2D eigenvalue weighted by Crippen LogP contribution is 2.27. The molecule has 2 rings (SSSR count). The van der Waals surface area contributed by atoms with E-state index >= 15 is 0 Å². The highest BCUT2D eigenvalue weighted by Gasteiger charge is 2.20. The van der Waals surface area contributed by atoms with Crippen LogP contribution >= 0.6 is 12.4 Å². The molecule has 5 nitrogen and oxygen atoms in total. The minimum atomic E-state index is -3.33. The van der Waals surface area contributed by atoms with Crippen molar-refractivity contribution in [3.63, 3.8) is 0 Å². The lowest BCUT2D eigenvalue weighted by Gasteiger charge is -2.22. The van der Waals surface area contributed by atoms with Gasteiger partial charge >= 0.3 is 0 Å². The molecule has 1 amide bonds. The largest absolute Gasteiger partial charge is 0.345 e. The molecule has 7 heteroatoms. The number of rotatable bonds is 7. The van der Waals surface area contributed by atoms with Crippen LogP contribution < -0.4 is 11.1 Å². The lowest BCUT2D eigenvalue weighted by atomic mass is 9.93. The molecule has 1 unspecified atom stereocenters. The van der Waals surface area contributed by atoms with Crippen molar-refractivity contribution in [3.05, 3.63) is 64.7 Å². The molecule has 1 atom stereocenters. The number of sulfone groups is 1. The number of halogens is 1. The molecule has 2 aromatic carbocycles. The van der Waals surface area contributed by atoms with E-state index < -0.39 is 15.9 Å². The summed E-state index contributed by atoms with van der Waals surface area (Å²) in [6.45, 7) is 4.45. The van der Waals surface area contributed by atoms with Crippen LogP contribution in [-0.4, -0.2) is 27.1 Å². The number of benzene rings is 2. The molecule has 0 bridgehead atoms. The fourth-order valence-corrected chi connectivity index (χ4v) is 3.59. The zero-order chi connectivity index (χ0) is 19.3. The molecule has 2 aromatic rings. The zero-order valence-corrected chi connectivity index (χ0v) is 17.5. The maximum Gasteiger partial charge on any atom is 0.220 e. The van der Waals surface area contributed by atoms with Crippen LogP contribution in [0.15, 0.2) is 47.4 Å². The van der Waals surface area contributed by atoms with Crippen molar-refractivity contribution >= 4 is 28.2 Å². The first-order chi connectivity index (χ1) is 12.2. The summed E-state index contributed by atoms with van der Waals surface area (Å²) < 4.78 is 23.8. The van der Waals surface area contributed by atoms with E-state index in [9.17, 15) is 13.2 Å². The van der Waals surface area contributed by atoms with E-state index in [4.69, 9.17) is 5.73 Å². The highest BCUT2D eigenvalue weighted by atomic mass is 35.5. The van der Waals surface area contributed by atoms with Gasteiger partial charge in [0.05, 0.1) is 10.9 Å². The Morgan fingerprint density at radius 3 is 2.44 bits per heavy atom. The molecule has 0 aromatic heterocycles. The van der Waals surface area contributed by atoms with Crippen molar-refractivity contribution in [3.8, 4) is 0 Å². The van der Waals surface area contributed by atoms with Crippen LogP contribution in [0.1, 0.15) is 41.1 Å². The Morgan fingerprint density at radius 1 is 1.15 bits per heavy atom. The van der Waals surface area contributed by atoms with Gasteiger partial charge in [0.15, 0.2) is 9.84 Å². The summed E-state index contributed by atoms with van der Waals surface area (Å²) >= 11 is 0. The van der Waals surface area contributed by atoms with Crippen molar-refractivity contribution in [2.75, 3.05) is 12.8 Å². The molecule has 0 aliphatic heterocycles. The van der Waals surface area contributed by atoms with E-state index in [2.05, 4.69) is 11.4 Å². The maximum atomic E-state index is 12.3. The van der Waals surface area contributed by atoms with Gasteiger partial charge in [-0.1, -0.05) is 35.9 Å². The molecule has 0 radical (unpaired) electrons. The monoisotopic (exact) mass is 410 g/mol. The number of carbonyl (C=O) groups is 1. The third kappa shape index (κ3) is 6.34. The Hall–Kier alpha value is -1.89. The molecule has 0 spiro atoms. The normalized spacial score (nSPS) is 12.1. The quantitative estimate of drug-likeness (QED) is 0.734. The zero-order valence-electron chi connectivity index (χ0n) is 15.9. The van der Waals surface area contributed by atoms with Crippen molar-refractivity contribution in [2.45, 2.75) is 37.6 Å². The van der Waals surface area contributed by atoms with Crippen molar-refractivity contribution < 1.29 is 13.2 Å². The lowest BCUT2D eigenvalue weighted by molar-refractivity contribution is -0.121. The average molecular weight is 411 g/mol. The molecule has 0 saturated carbocycles. The van der Waals surface area contributed by atoms with Gasteiger partial charge in [-0.25, -0.2) is 8.42 Å². The third-order valence-electron chi connectivity index (χ3n) is 4.27. The summed E-state index contributed by atoms with van der Waals surface area (Å²) in [6.07, 6.45) is 2.12. The third-order valence-corrected chi connectivity index (χ3v) is 5.38. The fourth-order valence-electron chi connectivity index (χ4n) is 2.91. The molecule has 0 aliphatic carbocycles. The molecule has 148 valence electrons. The summed E-state index contributed by atoms with van der Waals surface area (Å²) in [7, 11) is -3.33. The maximum absolute atomic E-state index is 12.3. The van der Waals surface area contributed by atoms with Gasteiger partial charge in [0, 0.05) is 12.7 Å². The topological polar surface area (TPSA) is 89.3 Å². The van der Waals surface area contributed by atoms with Gasteiger partial charge in [0.2, 0.25) is 5.91 Å². The van der Waals surface area contributed by atoms with Crippen LogP contribution in [0.3, 0.4) is 0 Å². The van der Waals surface area contributed by atoms with Gasteiger partial charge in [-0.2, -0.15) is 0 Å². The number of carbonyl (C=O) groups excluding carboxylic acids is 1. The summed E-state index contributed by atoms with van der Waals surface area (Å²) in [5, 5.41) is 3.03. The van der Waals surface area contributed by atoms with Crippen LogP contribution in [0.25, 0.3) is 0 Å². The van der Waals surface area contributed by atoms with Gasteiger partial charge in [0.25, 0.3) is 0 Å². The highest BCUT2D eigenvalue weighted by molar-refractivity contribution is 7.90. The van der Waals surface area contributed by atoms with Crippen LogP contribution in [0, 0.1) is 13.8 Å². The Balaban J connectivity index is 0.00000364. The van der Waals surface area contributed by atoms with E-state index in [0.29, 0.717) is 19.4 Å². The molecular weight excluding hydrogens is 384 g/mol. The first-order valence-corrected chi connectivity index (χ1v) is 10.5. The second kappa shape index (κ2) is 9.88. The lowest BCUT2D eigenvalue weighted by Crippen LogP contribution is -2.30. The van der Waals surface area contributed by atoms with Gasteiger partial charge < -0.3 is 11.1 Å². The number of aryl methyl sites for hydroxylation is 2.